The molecule has 60 valence electrons. The Labute approximate surface area is 63.6 Å². The number of likely N-dealkylation sites (N-methyl/N-ethyl adjacent to an activating group) is 1. The highest BCUT2D eigenvalue weighted by atomic mass is 15.3. The van der Waals surface area contributed by atoms with Crippen LogP contribution >= 0.6 is 0 Å². The molecule has 2 saturated heterocycles. The summed E-state index contributed by atoms with van der Waals surface area (Å²) in [6.45, 7) is 6.49. The second kappa shape index (κ2) is 3.35. The molecule has 0 aliphatic carbocycles. The molecule has 2 aliphatic rings. The third-order valence-electron chi connectivity index (χ3n) is 2.33. The predicted octanol–water partition coefficient (Wildman–Crippen LogP) is 0.688. The summed E-state index contributed by atoms with van der Waals surface area (Å²) in [6, 6.07) is 1.69. The molecule has 1 N–H and O–H groups in total. The number of likely N-dealkylation sites (tertiary alicyclic amines) is 1. The van der Waals surface area contributed by atoms with Gasteiger partial charge in [0.1, 0.15) is 0 Å². The zero-order valence-electron chi connectivity index (χ0n) is 7.22. The van der Waals surface area contributed by atoms with Gasteiger partial charge in [0.05, 0.1) is 0 Å². The molecular weight excluding hydrogens is 124 g/mol. The number of nitrogens with zero attached hydrogens (tertiary/aromatic N) is 1. The summed E-state index contributed by atoms with van der Waals surface area (Å²) in [7, 11) is 2.21. The highest BCUT2D eigenvalue weighted by Gasteiger charge is 2.34. The summed E-state index contributed by atoms with van der Waals surface area (Å²) in [5.74, 6) is 0. The number of hydrogen-bond acceptors (Lipinski definition) is 2. The first-order valence-corrected chi connectivity index (χ1v) is 4.30. The Hall–Kier alpha value is -0.0800. The van der Waals surface area contributed by atoms with E-state index in [-0.39, 0.29) is 0 Å². The van der Waals surface area contributed by atoms with Gasteiger partial charge in [-0.2, -0.15) is 0 Å². The molecule has 2 bridgehead atoms. The van der Waals surface area contributed by atoms with Gasteiger partial charge in [-0.05, 0) is 13.5 Å². The first-order chi connectivity index (χ1) is 4.86. The van der Waals surface area contributed by atoms with E-state index in [2.05, 4.69) is 17.3 Å². The molecule has 0 aromatic carbocycles. The Morgan fingerprint density at radius 3 is 2.30 bits per heavy atom. The molecule has 2 rings (SSSR count). The van der Waals surface area contributed by atoms with E-state index in [0.717, 1.165) is 12.1 Å². The maximum atomic E-state index is 3.44. The van der Waals surface area contributed by atoms with Crippen LogP contribution < -0.4 is 5.32 Å². The zero-order valence-corrected chi connectivity index (χ0v) is 7.22. The van der Waals surface area contributed by atoms with Crippen LogP contribution in [-0.2, 0) is 0 Å². The highest BCUT2D eigenvalue weighted by molar-refractivity contribution is 4.95. The summed E-state index contributed by atoms with van der Waals surface area (Å²) in [5.41, 5.74) is 0. The minimum atomic E-state index is 0.824. The number of fused-ring (bicyclic) bond motifs is 2. The van der Waals surface area contributed by atoms with Crippen molar-refractivity contribution in [3.05, 3.63) is 0 Å². The fourth-order valence-electron chi connectivity index (χ4n) is 1.77. The summed E-state index contributed by atoms with van der Waals surface area (Å²) in [4.78, 5) is 2.45. The molecule has 0 spiro atoms. The SMILES string of the molecule is CC.CN1CC2CC1CN2. The molecule has 2 unspecified atom stereocenters. The number of piperazine rings is 1. The van der Waals surface area contributed by atoms with Crippen LogP contribution in [0.3, 0.4) is 0 Å². The van der Waals surface area contributed by atoms with Gasteiger partial charge >= 0.3 is 0 Å². The molecule has 0 aromatic heterocycles. The Bertz CT molecular complexity index is 101. The summed E-state index contributed by atoms with van der Waals surface area (Å²) in [5, 5.41) is 3.44. The van der Waals surface area contributed by atoms with Gasteiger partial charge in [0, 0.05) is 25.2 Å². The van der Waals surface area contributed by atoms with Crippen LogP contribution in [0.15, 0.2) is 0 Å². The number of nitrogens with one attached hydrogen (secondary N) is 1. The Kier molecular flexibility index (Phi) is 2.69. The minimum absolute atomic E-state index is 0.824. The monoisotopic (exact) mass is 142 g/mol. The molecule has 0 amide bonds. The average Bonchev–Trinajstić information content (AvgIpc) is 2.52. The molecule has 2 atom stereocenters. The Morgan fingerprint density at radius 2 is 2.10 bits per heavy atom. The largest absolute Gasteiger partial charge is 0.311 e. The van der Waals surface area contributed by atoms with E-state index >= 15 is 0 Å². The molecule has 2 aliphatic heterocycles. The highest BCUT2D eigenvalue weighted by Crippen LogP contribution is 2.20. The smallest absolute Gasteiger partial charge is 0.0233 e. The zero-order chi connectivity index (χ0) is 7.56. The van der Waals surface area contributed by atoms with Gasteiger partial charge in [-0.3, -0.25) is 0 Å². The summed E-state index contributed by atoms with van der Waals surface area (Å²) in [6.07, 6.45) is 1.39. The van der Waals surface area contributed by atoms with Crippen molar-refractivity contribution in [2.24, 2.45) is 0 Å². The van der Waals surface area contributed by atoms with E-state index in [0.29, 0.717) is 0 Å². The second-order valence-electron chi connectivity index (χ2n) is 2.93. The second-order valence-corrected chi connectivity index (χ2v) is 2.93. The van der Waals surface area contributed by atoms with Crippen molar-refractivity contribution >= 4 is 0 Å². The van der Waals surface area contributed by atoms with Crippen LogP contribution in [0.1, 0.15) is 20.3 Å². The van der Waals surface area contributed by atoms with E-state index in [9.17, 15) is 0 Å². The number of hydrogen-bond donors (Lipinski definition) is 1. The lowest BCUT2D eigenvalue weighted by Crippen LogP contribution is -2.41. The topological polar surface area (TPSA) is 15.3 Å². The molecule has 2 fully saturated rings. The van der Waals surface area contributed by atoms with Crippen molar-refractivity contribution in [1.82, 2.24) is 10.2 Å². The lowest BCUT2D eigenvalue weighted by Gasteiger charge is -2.21. The summed E-state index contributed by atoms with van der Waals surface area (Å²) >= 11 is 0. The van der Waals surface area contributed by atoms with Crippen molar-refractivity contribution in [1.29, 1.82) is 0 Å². The van der Waals surface area contributed by atoms with E-state index in [1.165, 1.54) is 19.5 Å². The van der Waals surface area contributed by atoms with Crippen LogP contribution in [0.2, 0.25) is 0 Å². The third kappa shape index (κ3) is 1.32. The lowest BCUT2D eigenvalue weighted by molar-refractivity contribution is 0.276. The maximum Gasteiger partial charge on any atom is 0.0233 e. The van der Waals surface area contributed by atoms with E-state index in [1.807, 2.05) is 13.8 Å². The van der Waals surface area contributed by atoms with Crippen LogP contribution in [0.4, 0.5) is 0 Å². The van der Waals surface area contributed by atoms with Gasteiger partial charge in [0.15, 0.2) is 0 Å². The van der Waals surface area contributed by atoms with Gasteiger partial charge in [-0.15, -0.1) is 0 Å². The van der Waals surface area contributed by atoms with Gasteiger partial charge in [0.25, 0.3) is 0 Å². The summed E-state index contributed by atoms with van der Waals surface area (Å²) < 4.78 is 0. The van der Waals surface area contributed by atoms with Crippen molar-refractivity contribution in [3.8, 4) is 0 Å². The minimum Gasteiger partial charge on any atom is -0.311 e. The fourth-order valence-corrected chi connectivity index (χ4v) is 1.77. The maximum absolute atomic E-state index is 3.44. The van der Waals surface area contributed by atoms with Gasteiger partial charge in [0.2, 0.25) is 0 Å². The first kappa shape index (κ1) is 8.02. The van der Waals surface area contributed by atoms with Gasteiger partial charge in [-0.25, -0.2) is 0 Å². The average molecular weight is 142 g/mol. The normalized spacial score (nSPS) is 37.5. The molecular formula is C8H18N2. The molecule has 0 aromatic rings. The molecule has 0 saturated carbocycles. The van der Waals surface area contributed by atoms with E-state index in [1.54, 1.807) is 0 Å². The van der Waals surface area contributed by atoms with Crippen molar-refractivity contribution in [3.63, 3.8) is 0 Å². The van der Waals surface area contributed by atoms with Crippen LogP contribution in [0, 0.1) is 0 Å². The molecule has 2 heterocycles. The van der Waals surface area contributed by atoms with Crippen LogP contribution in [-0.4, -0.2) is 37.1 Å². The Balaban J connectivity index is 0.000000231. The quantitative estimate of drug-likeness (QED) is 0.535. The standard InChI is InChI=1S/C6H12N2.C2H6/c1-8-4-5-2-6(8)3-7-5;1-2/h5-7H,2-4H2,1H3;1-2H3. The molecule has 2 nitrogen and oxygen atoms in total. The van der Waals surface area contributed by atoms with Crippen molar-refractivity contribution < 1.29 is 0 Å². The van der Waals surface area contributed by atoms with E-state index < -0.39 is 0 Å². The first-order valence-electron chi connectivity index (χ1n) is 4.30. The van der Waals surface area contributed by atoms with Crippen molar-refractivity contribution in [2.45, 2.75) is 32.4 Å². The van der Waals surface area contributed by atoms with Crippen LogP contribution in [0.25, 0.3) is 0 Å². The number of rotatable bonds is 0. The third-order valence-corrected chi connectivity index (χ3v) is 2.33. The van der Waals surface area contributed by atoms with E-state index in [4.69, 9.17) is 0 Å². The molecule has 2 heteroatoms. The Morgan fingerprint density at radius 1 is 1.40 bits per heavy atom. The van der Waals surface area contributed by atoms with Gasteiger partial charge < -0.3 is 10.2 Å². The fraction of sp³-hybridized carbons (Fsp3) is 1.00. The molecule has 10 heavy (non-hydrogen) atoms. The lowest BCUT2D eigenvalue weighted by atomic mass is 10.2. The van der Waals surface area contributed by atoms with Gasteiger partial charge in [-0.1, -0.05) is 13.8 Å². The van der Waals surface area contributed by atoms with Crippen LogP contribution in [0.5, 0.6) is 0 Å². The molecule has 0 radical (unpaired) electrons. The predicted molar refractivity (Wildman–Crippen MR) is 44.2 cm³/mol. The van der Waals surface area contributed by atoms with Crippen molar-refractivity contribution in [2.75, 3.05) is 20.1 Å².